The quantitative estimate of drug-likeness (QED) is 0.749. The summed E-state index contributed by atoms with van der Waals surface area (Å²) in [6.45, 7) is 1.95. The van der Waals surface area contributed by atoms with Crippen LogP contribution in [0.25, 0.3) is 0 Å². The maximum Gasteiger partial charge on any atom is 0.382 e. The smallest absolute Gasteiger partial charge is 0.382 e. The summed E-state index contributed by atoms with van der Waals surface area (Å²) in [5, 5.41) is 0. The molecule has 0 amide bonds. The number of rotatable bonds is 6. The summed E-state index contributed by atoms with van der Waals surface area (Å²) >= 11 is 0. The standard InChI is InChI=1S/C14H19O4P/c1-2-7-13-14(15)18-19(16,17-13)11-6-10-12-8-4-3-5-9-12/h3-5,8-9,13H,2,6-7,10-11H2,1H3/t13-,19?/m0/s1. The predicted octanol–water partition coefficient (Wildman–Crippen LogP) is 3.55. The van der Waals surface area contributed by atoms with E-state index in [1.807, 2.05) is 37.3 Å². The highest BCUT2D eigenvalue weighted by Gasteiger charge is 2.43. The van der Waals surface area contributed by atoms with Crippen LogP contribution in [0.15, 0.2) is 30.3 Å². The van der Waals surface area contributed by atoms with Crippen molar-refractivity contribution in [3.63, 3.8) is 0 Å². The van der Waals surface area contributed by atoms with E-state index in [0.717, 1.165) is 12.8 Å². The first-order valence-electron chi connectivity index (χ1n) is 6.68. The molecule has 1 unspecified atom stereocenters. The first kappa shape index (κ1) is 14.3. The third kappa shape index (κ3) is 3.92. The van der Waals surface area contributed by atoms with Gasteiger partial charge < -0.3 is 4.52 Å². The van der Waals surface area contributed by atoms with E-state index < -0.39 is 19.7 Å². The van der Waals surface area contributed by atoms with Crippen LogP contribution in [0.2, 0.25) is 0 Å². The minimum Gasteiger partial charge on any atom is -0.390 e. The Morgan fingerprint density at radius 3 is 2.68 bits per heavy atom. The largest absolute Gasteiger partial charge is 0.390 e. The average Bonchev–Trinajstić information content (AvgIpc) is 2.66. The van der Waals surface area contributed by atoms with Gasteiger partial charge in [-0.05, 0) is 24.8 Å². The average molecular weight is 282 g/mol. The zero-order chi connectivity index (χ0) is 13.7. The van der Waals surface area contributed by atoms with Gasteiger partial charge in [-0.25, -0.2) is 9.36 Å². The van der Waals surface area contributed by atoms with Crippen molar-refractivity contribution in [2.24, 2.45) is 0 Å². The molecule has 0 aromatic heterocycles. The topological polar surface area (TPSA) is 52.6 Å². The molecule has 1 saturated heterocycles. The van der Waals surface area contributed by atoms with Crippen molar-refractivity contribution in [3.8, 4) is 0 Å². The SMILES string of the molecule is CCC[C@@H]1OP(=O)(CCCc2ccccc2)OC1=O. The van der Waals surface area contributed by atoms with E-state index in [0.29, 0.717) is 19.0 Å². The van der Waals surface area contributed by atoms with Crippen LogP contribution in [0, 0.1) is 0 Å². The van der Waals surface area contributed by atoms with Gasteiger partial charge in [-0.15, -0.1) is 0 Å². The van der Waals surface area contributed by atoms with Crippen molar-refractivity contribution < 1.29 is 18.4 Å². The molecule has 5 heteroatoms. The van der Waals surface area contributed by atoms with Gasteiger partial charge in [0.1, 0.15) is 0 Å². The van der Waals surface area contributed by atoms with Crippen LogP contribution >= 0.6 is 7.60 Å². The maximum atomic E-state index is 12.2. The van der Waals surface area contributed by atoms with Gasteiger partial charge >= 0.3 is 13.6 Å². The summed E-state index contributed by atoms with van der Waals surface area (Å²) in [7, 11) is -3.20. The van der Waals surface area contributed by atoms with Crippen molar-refractivity contribution in [3.05, 3.63) is 35.9 Å². The van der Waals surface area contributed by atoms with E-state index >= 15 is 0 Å². The molecule has 1 aliphatic rings. The van der Waals surface area contributed by atoms with Crippen molar-refractivity contribution in [2.45, 2.75) is 38.7 Å². The molecule has 19 heavy (non-hydrogen) atoms. The zero-order valence-corrected chi connectivity index (χ0v) is 12.0. The van der Waals surface area contributed by atoms with Crippen LogP contribution in [0.5, 0.6) is 0 Å². The van der Waals surface area contributed by atoms with E-state index in [1.165, 1.54) is 5.56 Å². The van der Waals surface area contributed by atoms with Crippen LogP contribution in [-0.4, -0.2) is 18.2 Å². The minimum absolute atomic E-state index is 0.299. The second-order valence-electron chi connectivity index (χ2n) is 4.72. The molecule has 1 aromatic carbocycles. The molecule has 1 heterocycles. The summed E-state index contributed by atoms with van der Waals surface area (Å²) < 4.78 is 22.5. The van der Waals surface area contributed by atoms with Crippen molar-refractivity contribution in [1.29, 1.82) is 0 Å². The van der Waals surface area contributed by atoms with Crippen molar-refractivity contribution in [2.75, 3.05) is 6.16 Å². The Balaban J connectivity index is 1.83. The zero-order valence-electron chi connectivity index (χ0n) is 11.1. The summed E-state index contributed by atoms with van der Waals surface area (Å²) in [5.41, 5.74) is 1.18. The fraction of sp³-hybridized carbons (Fsp3) is 0.500. The monoisotopic (exact) mass is 282 g/mol. The van der Waals surface area contributed by atoms with E-state index in [2.05, 4.69) is 0 Å². The van der Waals surface area contributed by atoms with Gasteiger partial charge in [0.25, 0.3) is 0 Å². The number of aryl methyl sites for hydroxylation is 1. The molecule has 0 aliphatic carbocycles. The first-order valence-corrected chi connectivity index (χ1v) is 8.40. The summed E-state index contributed by atoms with van der Waals surface area (Å²) in [6.07, 6.45) is 2.55. The lowest BCUT2D eigenvalue weighted by Gasteiger charge is -2.09. The molecule has 0 N–H and O–H groups in total. The molecule has 2 rings (SSSR count). The number of hydrogen-bond acceptors (Lipinski definition) is 4. The highest BCUT2D eigenvalue weighted by Crippen LogP contribution is 2.55. The van der Waals surface area contributed by atoms with Crippen molar-refractivity contribution in [1.82, 2.24) is 0 Å². The Morgan fingerprint density at radius 2 is 2.00 bits per heavy atom. The number of benzene rings is 1. The van der Waals surface area contributed by atoms with Crippen LogP contribution in [0.1, 0.15) is 31.7 Å². The first-order chi connectivity index (χ1) is 9.13. The molecule has 2 atom stereocenters. The Kier molecular flexibility index (Phi) is 4.78. The van der Waals surface area contributed by atoms with Crippen LogP contribution in [0.3, 0.4) is 0 Å². The lowest BCUT2D eigenvalue weighted by molar-refractivity contribution is -0.136. The van der Waals surface area contributed by atoms with Crippen LogP contribution in [-0.2, 0) is 24.8 Å². The summed E-state index contributed by atoms with van der Waals surface area (Å²) in [6, 6.07) is 9.96. The van der Waals surface area contributed by atoms with Gasteiger partial charge in [0.05, 0.1) is 6.16 Å². The molecular formula is C14H19O4P. The lowest BCUT2D eigenvalue weighted by Crippen LogP contribution is -2.14. The fourth-order valence-corrected chi connectivity index (χ4v) is 3.86. The highest BCUT2D eigenvalue weighted by atomic mass is 31.2. The summed E-state index contributed by atoms with van der Waals surface area (Å²) in [5.74, 6) is -0.468. The van der Waals surface area contributed by atoms with Gasteiger partial charge in [-0.1, -0.05) is 43.7 Å². The molecule has 1 aliphatic heterocycles. The molecule has 0 radical (unpaired) electrons. The second kappa shape index (κ2) is 6.36. The molecule has 0 bridgehead atoms. The van der Waals surface area contributed by atoms with E-state index in [4.69, 9.17) is 9.05 Å². The normalized spacial score (nSPS) is 26.4. The molecule has 1 fully saturated rings. The molecular weight excluding hydrogens is 263 g/mol. The van der Waals surface area contributed by atoms with Gasteiger partial charge in [0.2, 0.25) is 0 Å². The predicted molar refractivity (Wildman–Crippen MR) is 73.1 cm³/mol. The van der Waals surface area contributed by atoms with Gasteiger partial charge in [0, 0.05) is 0 Å². The Bertz CT molecular complexity index is 472. The highest BCUT2D eigenvalue weighted by molar-refractivity contribution is 7.54. The molecule has 0 spiro atoms. The van der Waals surface area contributed by atoms with E-state index in [1.54, 1.807) is 0 Å². The van der Waals surface area contributed by atoms with E-state index in [9.17, 15) is 9.36 Å². The van der Waals surface area contributed by atoms with Gasteiger partial charge in [0.15, 0.2) is 6.10 Å². The molecule has 4 nitrogen and oxygen atoms in total. The third-order valence-corrected chi connectivity index (χ3v) is 4.97. The van der Waals surface area contributed by atoms with E-state index in [-0.39, 0.29) is 0 Å². The van der Waals surface area contributed by atoms with Crippen LogP contribution in [0.4, 0.5) is 0 Å². The molecule has 104 valence electrons. The Labute approximate surface area is 113 Å². The fourth-order valence-electron chi connectivity index (χ4n) is 2.11. The van der Waals surface area contributed by atoms with Crippen molar-refractivity contribution >= 4 is 13.6 Å². The van der Waals surface area contributed by atoms with Gasteiger partial charge in [-0.2, -0.15) is 0 Å². The Morgan fingerprint density at radius 1 is 1.26 bits per heavy atom. The molecule has 1 aromatic rings. The third-order valence-electron chi connectivity index (χ3n) is 3.07. The van der Waals surface area contributed by atoms with Crippen LogP contribution < -0.4 is 0 Å². The second-order valence-corrected chi connectivity index (χ2v) is 6.78. The number of carbonyl (C=O) groups excluding carboxylic acids is 1. The summed E-state index contributed by atoms with van der Waals surface area (Å²) in [4.78, 5) is 11.5. The minimum atomic E-state index is -3.20. The Hall–Kier alpha value is -1.12. The lowest BCUT2D eigenvalue weighted by atomic mass is 10.1. The number of hydrogen-bond donors (Lipinski definition) is 0. The number of carbonyl (C=O) groups is 1. The molecule has 0 saturated carbocycles. The van der Waals surface area contributed by atoms with Gasteiger partial charge in [-0.3, -0.25) is 4.52 Å². The maximum absolute atomic E-state index is 12.2.